The Kier molecular flexibility index (Phi) is 3.49. The summed E-state index contributed by atoms with van der Waals surface area (Å²) in [5.74, 6) is 1.06. The Morgan fingerprint density at radius 2 is 2.18 bits per heavy atom. The molecule has 1 heterocycles. The number of ether oxygens (including phenoxy) is 1. The lowest BCUT2D eigenvalue weighted by Gasteiger charge is -2.08. The molecule has 4 nitrogen and oxygen atoms in total. The van der Waals surface area contributed by atoms with Crippen LogP contribution < -0.4 is 15.8 Å². The third-order valence-electron chi connectivity index (χ3n) is 2.58. The molecule has 1 aromatic heterocycles. The molecule has 5 heteroatoms. The third kappa shape index (κ3) is 2.50. The fraction of sp³-hybridized carbons (Fsp3) is 0.250. The van der Waals surface area contributed by atoms with Crippen LogP contribution in [0.25, 0.3) is 0 Å². The van der Waals surface area contributed by atoms with Crippen LogP contribution in [-0.2, 0) is 6.54 Å². The highest BCUT2D eigenvalue weighted by Crippen LogP contribution is 2.34. The van der Waals surface area contributed by atoms with Crippen molar-refractivity contribution in [1.82, 2.24) is 4.37 Å². The lowest BCUT2D eigenvalue weighted by Crippen LogP contribution is -2.01. The first-order valence-electron chi connectivity index (χ1n) is 5.30. The van der Waals surface area contributed by atoms with Crippen molar-refractivity contribution in [2.45, 2.75) is 13.5 Å². The average molecular weight is 249 g/mol. The highest BCUT2D eigenvalue weighted by Gasteiger charge is 2.11. The van der Waals surface area contributed by atoms with E-state index in [2.05, 4.69) is 28.7 Å². The van der Waals surface area contributed by atoms with Gasteiger partial charge in [-0.2, -0.15) is 4.37 Å². The predicted octanol–water partition coefficient (Wildman–Crippen LogP) is 2.65. The molecule has 90 valence electrons. The van der Waals surface area contributed by atoms with Crippen molar-refractivity contribution in [3.63, 3.8) is 0 Å². The lowest BCUT2D eigenvalue weighted by molar-refractivity contribution is 0.419. The zero-order valence-corrected chi connectivity index (χ0v) is 10.7. The molecule has 0 radical (unpaired) electrons. The summed E-state index contributed by atoms with van der Waals surface area (Å²) < 4.78 is 9.25. The topological polar surface area (TPSA) is 60.2 Å². The Morgan fingerprint density at radius 3 is 2.88 bits per heavy atom. The number of aryl methyl sites for hydroxylation is 1. The third-order valence-corrected chi connectivity index (χ3v) is 3.38. The van der Waals surface area contributed by atoms with Crippen LogP contribution in [-0.4, -0.2) is 11.5 Å². The van der Waals surface area contributed by atoms with Gasteiger partial charge in [0.1, 0.15) is 0 Å². The van der Waals surface area contributed by atoms with E-state index in [1.165, 1.54) is 22.7 Å². The maximum atomic E-state index is 5.69. The second-order valence-electron chi connectivity index (χ2n) is 3.71. The normalized spacial score (nSPS) is 10.2. The van der Waals surface area contributed by atoms with Crippen LogP contribution in [0.5, 0.6) is 5.75 Å². The molecule has 0 spiro atoms. The van der Waals surface area contributed by atoms with Gasteiger partial charge in [0.2, 0.25) is 0 Å². The van der Waals surface area contributed by atoms with Gasteiger partial charge in [0.15, 0.2) is 16.6 Å². The Bertz CT molecular complexity index is 510. The summed E-state index contributed by atoms with van der Waals surface area (Å²) in [6.07, 6.45) is 0. The largest absolute Gasteiger partial charge is 0.490 e. The summed E-state index contributed by atoms with van der Waals surface area (Å²) >= 11 is 1.31. The highest BCUT2D eigenvalue weighted by molar-refractivity contribution is 7.11. The van der Waals surface area contributed by atoms with E-state index in [4.69, 9.17) is 10.5 Å². The molecule has 2 aromatic rings. The second-order valence-corrected chi connectivity index (χ2v) is 4.48. The van der Waals surface area contributed by atoms with Gasteiger partial charge in [-0.05, 0) is 29.6 Å². The van der Waals surface area contributed by atoms with Crippen molar-refractivity contribution < 1.29 is 4.74 Å². The minimum Gasteiger partial charge on any atom is -0.490 e. The number of nitrogen functional groups attached to an aromatic ring is 1. The standard InChI is InChI=1S/C12H15N3OS/c1-8-5-3-4-6-9(8)7-14-12-10(16-2)11(13)15-17-12/h3-6,14H,7H2,1-2H3,(H2,13,15). The molecule has 1 aromatic carbocycles. The van der Waals surface area contributed by atoms with Gasteiger partial charge in [-0.3, -0.25) is 0 Å². The predicted molar refractivity (Wildman–Crippen MR) is 71.6 cm³/mol. The molecule has 0 unspecified atom stereocenters. The van der Waals surface area contributed by atoms with E-state index < -0.39 is 0 Å². The number of nitrogens with two attached hydrogens (primary N) is 1. The number of nitrogens with zero attached hydrogens (tertiary/aromatic N) is 1. The first kappa shape index (κ1) is 11.7. The summed E-state index contributed by atoms with van der Waals surface area (Å²) in [5, 5.41) is 4.16. The van der Waals surface area contributed by atoms with Crippen molar-refractivity contribution in [2.24, 2.45) is 0 Å². The number of aromatic nitrogens is 1. The zero-order valence-electron chi connectivity index (χ0n) is 9.86. The smallest absolute Gasteiger partial charge is 0.197 e. The van der Waals surface area contributed by atoms with Crippen LogP contribution in [0.2, 0.25) is 0 Å². The fourth-order valence-electron chi connectivity index (χ4n) is 1.59. The van der Waals surface area contributed by atoms with E-state index in [1.54, 1.807) is 7.11 Å². The van der Waals surface area contributed by atoms with E-state index in [-0.39, 0.29) is 0 Å². The zero-order chi connectivity index (χ0) is 12.3. The molecular weight excluding hydrogens is 234 g/mol. The van der Waals surface area contributed by atoms with Crippen LogP contribution in [0.1, 0.15) is 11.1 Å². The highest BCUT2D eigenvalue weighted by atomic mass is 32.1. The van der Waals surface area contributed by atoms with Gasteiger partial charge in [-0.1, -0.05) is 24.3 Å². The molecule has 0 aliphatic heterocycles. The van der Waals surface area contributed by atoms with Crippen molar-refractivity contribution in [1.29, 1.82) is 0 Å². The number of hydrogen-bond acceptors (Lipinski definition) is 5. The van der Waals surface area contributed by atoms with Crippen molar-refractivity contribution in [2.75, 3.05) is 18.2 Å². The van der Waals surface area contributed by atoms with Crippen LogP contribution in [0.4, 0.5) is 10.8 Å². The molecule has 0 atom stereocenters. The molecule has 0 bridgehead atoms. The summed E-state index contributed by atoms with van der Waals surface area (Å²) in [4.78, 5) is 0. The van der Waals surface area contributed by atoms with E-state index in [1.807, 2.05) is 12.1 Å². The van der Waals surface area contributed by atoms with Gasteiger partial charge < -0.3 is 15.8 Å². The molecule has 0 fully saturated rings. The SMILES string of the molecule is COc1c(N)nsc1NCc1ccccc1C. The summed E-state index contributed by atoms with van der Waals surface area (Å²) in [5.41, 5.74) is 8.20. The fourth-order valence-corrected chi connectivity index (χ4v) is 2.27. The molecule has 0 saturated carbocycles. The minimum absolute atomic E-state index is 0.435. The Morgan fingerprint density at radius 1 is 1.41 bits per heavy atom. The average Bonchev–Trinajstić information content (AvgIpc) is 2.69. The maximum Gasteiger partial charge on any atom is 0.197 e. The quantitative estimate of drug-likeness (QED) is 0.874. The van der Waals surface area contributed by atoms with Crippen LogP contribution in [0, 0.1) is 6.92 Å². The Labute approximate surface area is 105 Å². The monoisotopic (exact) mass is 249 g/mol. The van der Waals surface area contributed by atoms with Crippen LogP contribution >= 0.6 is 11.5 Å². The van der Waals surface area contributed by atoms with Gasteiger partial charge in [-0.15, -0.1) is 0 Å². The van der Waals surface area contributed by atoms with Crippen LogP contribution in [0.15, 0.2) is 24.3 Å². The van der Waals surface area contributed by atoms with Gasteiger partial charge >= 0.3 is 0 Å². The van der Waals surface area contributed by atoms with Crippen molar-refractivity contribution >= 4 is 22.4 Å². The molecule has 0 saturated heterocycles. The second kappa shape index (κ2) is 5.05. The van der Waals surface area contributed by atoms with Gasteiger partial charge in [0.25, 0.3) is 0 Å². The van der Waals surface area contributed by atoms with E-state index in [0.29, 0.717) is 11.6 Å². The van der Waals surface area contributed by atoms with Crippen LogP contribution in [0.3, 0.4) is 0 Å². The molecule has 0 aliphatic rings. The number of rotatable bonds is 4. The number of nitrogens with one attached hydrogen (secondary N) is 1. The molecular formula is C12H15N3OS. The molecule has 0 aliphatic carbocycles. The molecule has 2 rings (SSSR count). The Balaban J connectivity index is 2.10. The summed E-state index contributed by atoms with van der Waals surface area (Å²) in [6.45, 7) is 2.83. The summed E-state index contributed by atoms with van der Waals surface area (Å²) in [7, 11) is 1.60. The van der Waals surface area contributed by atoms with Gasteiger partial charge in [-0.25, -0.2) is 0 Å². The van der Waals surface area contributed by atoms with Gasteiger partial charge in [0.05, 0.1) is 7.11 Å². The number of methoxy groups -OCH3 is 1. The number of anilines is 2. The van der Waals surface area contributed by atoms with Gasteiger partial charge in [0, 0.05) is 6.54 Å². The van der Waals surface area contributed by atoms with Crippen molar-refractivity contribution in [3.05, 3.63) is 35.4 Å². The van der Waals surface area contributed by atoms with E-state index in [0.717, 1.165) is 11.5 Å². The minimum atomic E-state index is 0.435. The molecule has 17 heavy (non-hydrogen) atoms. The lowest BCUT2D eigenvalue weighted by atomic mass is 10.1. The first-order valence-corrected chi connectivity index (χ1v) is 6.07. The molecule has 0 amide bonds. The first-order chi connectivity index (χ1) is 8.22. The number of benzene rings is 1. The maximum absolute atomic E-state index is 5.69. The Hall–Kier alpha value is -1.75. The summed E-state index contributed by atoms with van der Waals surface area (Å²) in [6, 6.07) is 8.25. The van der Waals surface area contributed by atoms with Crippen molar-refractivity contribution in [3.8, 4) is 5.75 Å². The molecule has 3 N–H and O–H groups in total. The number of hydrogen-bond donors (Lipinski definition) is 2. The van der Waals surface area contributed by atoms with E-state index in [9.17, 15) is 0 Å². The van der Waals surface area contributed by atoms with E-state index >= 15 is 0 Å².